The Morgan fingerprint density at radius 2 is 1.50 bits per heavy atom. The Hall–Kier alpha value is -0.860. The second-order valence-electron chi connectivity index (χ2n) is 4.62. The highest BCUT2D eigenvalue weighted by Gasteiger charge is 2.15. The number of hydrogen-bond donors (Lipinski definition) is 0. The average molecular weight is 222 g/mol. The Kier molecular flexibility index (Phi) is 4.97. The largest absolute Gasteiger partial charge is 0.346 e. The number of ether oxygens (including phenoxy) is 2. The molecule has 0 unspecified atom stereocenters. The zero-order valence-electron chi connectivity index (χ0n) is 10.9. The summed E-state index contributed by atoms with van der Waals surface area (Å²) >= 11 is 0. The maximum absolute atomic E-state index is 5.78. The molecule has 0 bridgehead atoms. The van der Waals surface area contributed by atoms with E-state index in [4.69, 9.17) is 9.47 Å². The van der Waals surface area contributed by atoms with E-state index in [-0.39, 0.29) is 18.5 Å². The SMILES string of the molecule is Cc1cccc(C(OC(C)C)OC(C)C)c1. The Balaban J connectivity index is 2.82. The second kappa shape index (κ2) is 6.02. The van der Waals surface area contributed by atoms with Gasteiger partial charge in [-0.25, -0.2) is 0 Å². The average Bonchev–Trinajstić information content (AvgIpc) is 2.15. The third-order valence-electron chi connectivity index (χ3n) is 2.11. The van der Waals surface area contributed by atoms with E-state index in [0.29, 0.717) is 0 Å². The predicted molar refractivity (Wildman–Crippen MR) is 66.4 cm³/mol. The molecule has 1 aromatic rings. The second-order valence-corrected chi connectivity index (χ2v) is 4.62. The minimum atomic E-state index is -0.264. The van der Waals surface area contributed by atoms with Crippen molar-refractivity contribution in [2.24, 2.45) is 0 Å². The highest BCUT2D eigenvalue weighted by molar-refractivity contribution is 5.23. The normalized spacial score (nSPS) is 11.8. The molecule has 0 aliphatic carbocycles. The first kappa shape index (κ1) is 13.2. The summed E-state index contributed by atoms with van der Waals surface area (Å²) < 4.78 is 11.6. The first-order valence-electron chi connectivity index (χ1n) is 5.86. The van der Waals surface area contributed by atoms with Gasteiger partial charge in [-0.3, -0.25) is 0 Å². The van der Waals surface area contributed by atoms with E-state index in [1.165, 1.54) is 5.56 Å². The minimum Gasteiger partial charge on any atom is -0.346 e. The van der Waals surface area contributed by atoms with Crippen LogP contribution in [0.4, 0.5) is 0 Å². The Bertz CT molecular complexity index is 308. The van der Waals surface area contributed by atoms with Gasteiger partial charge in [-0.1, -0.05) is 29.8 Å². The van der Waals surface area contributed by atoms with Crippen molar-refractivity contribution in [2.45, 2.75) is 53.1 Å². The Morgan fingerprint density at radius 1 is 0.938 bits per heavy atom. The lowest BCUT2D eigenvalue weighted by molar-refractivity contribution is -0.185. The molecule has 16 heavy (non-hydrogen) atoms. The van der Waals surface area contributed by atoms with E-state index in [1.807, 2.05) is 39.8 Å². The summed E-state index contributed by atoms with van der Waals surface area (Å²) in [5, 5.41) is 0. The molecule has 0 heterocycles. The molecule has 0 saturated heterocycles. The fourth-order valence-corrected chi connectivity index (χ4v) is 1.50. The number of rotatable bonds is 5. The molecular weight excluding hydrogens is 200 g/mol. The molecule has 0 radical (unpaired) electrons. The van der Waals surface area contributed by atoms with Crippen LogP contribution in [0.5, 0.6) is 0 Å². The Labute approximate surface area is 98.6 Å². The zero-order chi connectivity index (χ0) is 12.1. The standard InChI is InChI=1S/C14H22O2/c1-10(2)15-14(16-11(3)4)13-8-6-7-12(5)9-13/h6-11,14H,1-5H3. The van der Waals surface area contributed by atoms with Crippen LogP contribution in [-0.2, 0) is 9.47 Å². The van der Waals surface area contributed by atoms with Gasteiger partial charge in [-0.2, -0.15) is 0 Å². The van der Waals surface area contributed by atoms with E-state index in [9.17, 15) is 0 Å². The summed E-state index contributed by atoms with van der Waals surface area (Å²) in [6, 6.07) is 8.26. The molecule has 0 fully saturated rings. The zero-order valence-corrected chi connectivity index (χ0v) is 10.9. The van der Waals surface area contributed by atoms with Crippen molar-refractivity contribution in [3.63, 3.8) is 0 Å². The molecule has 1 rings (SSSR count). The van der Waals surface area contributed by atoms with E-state index in [1.54, 1.807) is 0 Å². The van der Waals surface area contributed by atoms with Gasteiger partial charge in [0.15, 0.2) is 6.29 Å². The maximum Gasteiger partial charge on any atom is 0.184 e. The lowest BCUT2D eigenvalue weighted by atomic mass is 10.1. The maximum atomic E-state index is 5.78. The van der Waals surface area contributed by atoms with Crippen LogP contribution < -0.4 is 0 Å². The third kappa shape index (κ3) is 4.33. The van der Waals surface area contributed by atoms with E-state index >= 15 is 0 Å². The molecule has 0 saturated carbocycles. The fraction of sp³-hybridized carbons (Fsp3) is 0.571. The topological polar surface area (TPSA) is 18.5 Å². The summed E-state index contributed by atoms with van der Waals surface area (Å²) in [5.74, 6) is 0. The minimum absolute atomic E-state index is 0.157. The summed E-state index contributed by atoms with van der Waals surface area (Å²) in [7, 11) is 0. The van der Waals surface area contributed by atoms with Gasteiger partial charge in [0.2, 0.25) is 0 Å². The van der Waals surface area contributed by atoms with E-state index in [0.717, 1.165) is 5.56 Å². The first-order valence-corrected chi connectivity index (χ1v) is 5.86. The van der Waals surface area contributed by atoms with Gasteiger partial charge in [0.05, 0.1) is 12.2 Å². The molecule has 2 heteroatoms. The molecule has 0 aliphatic rings. The van der Waals surface area contributed by atoms with Crippen LogP contribution in [-0.4, -0.2) is 12.2 Å². The molecule has 0 aromatic heterocycles. The van der Waals surface area contributed by atoms with Crippen LogP contribution in [0.25, 0.3) is 0 Å². The molecule has 1 aromatic carbocycles. The van der Waals surface area contributed by atoms with Gasteiger partial charge in [-0.15, -0.1) is 0 Å². The number of aryl methyl sites for hydroxylation is 1. The van der Waals surface area contributed by atoms with Crippen molar-refractivity contribution in [1.29, 1.82) is 0 Å². The van der Waals surface area contributed by atoms with E-state index in [2.05, 4.69) is 19.1 Å². The lowest BCUT2D eigenvalue weighted by Gasteiger charge is -2.23. The molecule has 0 atom stereocenters. The molecule has 0 aliphatic heterocycles. The molecule has 90 valence electrons. The highest BCUT2D eigenvalue weighted by Crippen LogP contribution is 2.23. The fourth-order valence-electron chi connectivity index (χ4n) is 1.50. The van der Waals surface area contributed by atoms with Crippen LogP contribution in [0.3, 0.4) is 0 Å². The monoisotopic (exact) mass is 222 g/mol. The summed E-state index contributed by atoms with van der Waals surface area (Å²) in [6.07, 6.45) is 0.0495. The number of benzene rings is 1. The van der Waals surface area contributed by atoms with Gasteiger partial charge < -0.3 is 9.47 Å². The van der Waals surface area contributed by atoms with Crippen molar-refractivity contribution >= 4 is 0 Å². The van der Waals surface area contributed by atoms with Crippen molar-refractivity contribution < 1.29 is 9.47 Å². The smallest absolute Gasteiger partial charge is 0.184 e. The summed E-state index contributed by atoms with van der Waals surface area (Å²) in [5.41, 5.74) is 2.31. The van der Waals surface area contributed by atoms with Crippen molar-refractivity contribution in [3.8, 4) is 0 Å². The van der Waals surface area contributed by atoms with Crippen LogP contribution in [0.15, 0.2) is 24.3 Å². The van der Waals surface area contributed by atoms with Gasteiger partial charge in [0.25, 0.3) is 0 Å². The van der Waals surface area contributed by atoms with Gasteiger partial charge in [0.1, 0.15) is 0 Å². The van der Waals surface area contributed by atoms with Crippen molar-refractivity contribution in [1.82, 2.24) is 0 Å². The number of hydrogen-bond acceptors (Lipinski definition) is 2. The van der Waals surface area contributed by atoms with Crippen molar-refractivity contribution in [3.05, 3.63) is 35.4 Å². The summed E-state index contributed by atoms with van der Waals surface area (Å²) in [4.78, 5) is 0. The molecule has 0 amide bonds. The lowest BCUT2D eigenvalue weighted by Crippen LogP contribution is -2.17. The van der Waals surface area contributed by atoms with Crippen LogP contribution in [0, 0.1) is 6.92 Å². The van der Waals surface area contributed by atoms with E-state index < -0.39 is 0 Å². The third-order valence-corrected chi connectivity index (χ3v) is 2.11. The van der Waals surface area contributed by atoms with Crippen LogP contribution in [0.1, 0.15) is 45.1 Å². The quantitative estimate of drug-likeness (QED) is 0.705. The Morgan fingerprint density at radius 3 is 1.94 bits per heavy atom. The summed E-state index contributed by atoms with van der Waals surface area (Å²) in [6.45, 7) is 10.2. The van der Waals surface area contributed by atoms with Crippen LogP contribution >= 0.6 is 0 Å². The van der Waals surface area contributed by atoms with Gasteiger partial charge in [0, 0.05) is 5.56 Å². The molecule has 0 N–H and O–H groups in total. The molecule has 2 nitrogen and oxygen atoms in total. The first-order chi connectivity index (χ1) is 7.49. The van der Waals surface area contributed by atoms with Crippen LogP contribution in [0.2, 0.25) is 0 Å². The van der Waals surface area contributed by atoms with Gasteiger partial charge in [-0.05, 0) is 34.6 Å². The highest BCUT2D eigenvalue weighted by atomic mass is 16.7. The van der Waals surface area contributed by atoms with Gasteiger partial charge >= 0.3 is 0 Å². The molecule has 0 spiro atoms. The van der Waals surface area contributed by atoms with Crippen molar-refractivity contribution in [2.75, 3.05) is 0 Å². The predicted octanol–water partition coefficient (Wildman–Crippen LogP) is 3.84. The molecular formula is C14H22O2.